The second-order valence-electron chi connectivity index (χ2n) is 4.80. The molecular formula is C14H19N. The Bertz CT molecular complexity index is 417. The minimum atomic E-state index is 0.177. The minimum Gasteiger partial charge on any atom is -0.257 e. The van der Waals surface area contributed by atoms with E-state index in [-0.39, 0.29) is 5.41 Å². The van der Waals surface area contributed by atoms with E-state index < -0.39 is 0 Å². The van der Waals surface area contributed by atoms with Crippen molar-refractivity contribution < 1.29 is 0 Å². The first-order valence-electron chi connectivity index (χ1n) is 5.75. The third-order valence-corrected chi connectivity index (χ3v) is 3.58. The zero-order chi connectivity index (χ0) is 11.1. The number of nitrogens with zero attached hydrogens (tertiary/aromatic N) is 1. The summed E-state index contributed by atoms with van der Waals surface area (Å²) in [6.45, 7) is 8.87. The van der Waals surface area contributed by atoms with Crippen molar-refractivity contribution in [2.24, 2.45) is 4.99 Å². The van der Waals surface area contributed by atoms with E-state index in [2.05, 4.69) is 50.9 Å². The number of aryl methyl sites for hydroxylation is 1. The Balaban J connectivity index is 2.54. The van der Waals surface area contributed by atoms with E-state index in [1.165, 1.54) is 35.4 Å². The fourth-order valence-corrected chi connectivity index (χ4v) is 2.50. The van der Waals surface area contributed by atoms with Crippen molar-refractivity contribution in [3.05, 3.63) is 29.3 Å². The van der Waals surface area contributed by atoms with E-state index in [1.54, 1.807) is 0 Å². The third kappa shape index (κ3) is 1.50. The van der Waals surface area contributed by atoms with Gasteiger partial charge in [-0.25, -0.2) is 0 Å². The summed E-state index contributed by atoms with van der Waals surface area (Å²) >= 11 is 0. The fourth-order valence-electron chi connectivity index (χ4n) is 2.50. The van der Waals surface area contributed by atoms with Gasteiger partial charge in [-0.3, -0.25) is 4.99 Å². The Morgan fingerprint density at radius 2 is 2.00 bits per heavy atom. The summed E-state index contributed by atoms with van der Waals surface area (Å²) in [5, 5.41) is 0. The average Bonchev–Trinajstić information content (AvgIpc) is 2.42. The summed E-state index contributed by atoms with van der Waals surface area (Å²) in [6.07, 6.45) is 2.40. The van der Waals surface area contributed by atoms with Gasteiger partial charge in [-0.15, -0.1) is 0 Å². The molecule has 1 unspecified atom stereocenters. The molecule has 1 aliphatic rings. The summed E-state index contributed by atoms with van der Waals surface area (Å²) in [4.78, 5) is 4.68. The first-order chi connectivity index (χ1) is 7.08. The van der Waals surface area contributed by atoms with E-state index in [0.29, 0.717) is 0 Å². The van der Waals surface area contributed by atoms with Crippen molar-refractivity contribution in [2.45, 2.75) is 46.0 Å². The van der Waals surface area contributed by atoms with Crippen molar-refractivity contribution in [3.63, 3.8) is 0 Å². The molecule has 1 nitrogen and oxygen atoms in total. The Labute approximate surface area is 92.2 Å². The first kappa shape index (κ1) is 10.4. The quantitative estimate of drug-likeness (QED) is 0.681. The Kier molecular flexibility index (Phi) is 2.41. The normalized spacial score (nSPS) is 23.9. The standard InChI is InChI=1S/C14H19N/c1-5-8-14(4)11(3)15-13-7-6-10(2)9-12(13)14/h6-7,9H,5,8H2,1-4H3. The number of aliphatic imine (C=N–C) groups is 1. The van der Waals surface area contributed by atoms with Crippen LogP contribution >= 0.6 is 0 Å². The number of benzene rings is 1. The van der Waals surface area contributed by atoms with E-state index >= 15 is 0 Å². The van der Waals surface area contributed by atoms with Gasteiger partial charge >= 0.3 is 0 Å². The molecule has 0 spiro atoms. The van der Waals surface area contributed by atoms with Crippen LogP contribution in [-0.4, -0.2) is 5.71 Å². The summed E-state index contributed by atoms with van der Waals surface area (Å²) in [5.41, 5.74) is 5.37. The molecule has 0 saturated carbocycles. The van der Waals surface area contributed by atoms with Crippen molar-refractivity contribution in [3.8, 4) is 0 Å². The lowest BCUT2D eigenvalue weighted by Crippen LogP contribution is -2.27. The molecule has 1 atom stereocenters. The van der Waals surface area contributed by atoms with Gasteiger partial charge in [0.1, 0.15) is 0 Å². The van der Waals surface area contributed by atoms with Gasteiger partial charge in [0.05, 0.1) is 5.69 Å². The van der Waals surface area contributed by atoms with E-state index in [0.717, 1.165) is 0 Å². The van der Waals surface area contributed by atoms with Crippen molar-refractivity contribution in [1.29, 1.82) is 0 Å². The Morgan fingerprint density at radius 3 is 2.67 bits per heavy atom. The maximum atomic E-state index is 4.68. The van der Waals surface area contributed by atoms with Gasteiger partial charge in [0.2, 0.25) is 0 Å². The number of fused-ring (bicyclic) bond motifs is 1. The summed E-state index contributed by atoms with van der Waals surface area (Å²) < 4.78 is 0. The lowest BCUT2D eigenvalue weighted by atomic mass is 9.76. The number of hydrogen-bond donors (Lipinski definition) is 0. The highest BCUT2D eigenvalue weighted by molar-refractivity contribution is 5.99. The topological polar surface area (TPSA) is 12.4 Å². The molecule has 1 aromatic rings. The molecule has 15 heavy (non-hydrogen) atoms. The van der Waals surface area contributed by atoms with Crippen LogP contribution in [0.2, 0.25) is 0 Å². The van der Waals surface area contributed by atoms with E-state index in [9.17, 15) is 0 Å². The zero-order valence-electron chi connectivity index (χ0n) is 10.1. The summed E-state index contributed by atoms with van der Waals surface area (Å²) in [7, 11) is 0. The average molecular weight is 201 g/mol. The molecule has 0 amide bonds. The fraction of sp³-hybridized carbons (Fsp3) is 0.500. The van der Waals surface area contributed by atoms with Gasteiger partial charge in [0.15, 0.2) is 0 Å². The molecular weight excluding hydrogens is 182 g/mol. The molecule has 0 fully saturated rings. The van der Waals surface area contributed by atoms with E-state index in [4.69, 9.17) is 0 Å². The second kappa shape index (κ2) is 3.48. The monoisotopic (exact) mass is 201 g/mol. The largest absolute Gasteiger partial charge is 0.257 e. The predicted octanol–water partition coefficient (Wildman–Crippen LogP) is 4.16. The van der Waals surface area contributed by atoms with Crippen LogP contribution in [0.3, 0.4) is 0 Å². The van der Waals surface area contributed by atoms with Crippen molar-refractivity contribution in [2.75, 3.05) is 0 Å². The van der Waals surface area contributed by atoms with Crippen LogP contribution in [0, 0.1) is 6.92 Å². The lowest BCUT2D eigenvalue weighted by Gasteiger charge is -2.25. The second-order valence-corrected chi connectivity index (χ2v) is 4.80. The van der Waals surface area contributed by atoms with Crippen LogP contribution in [0.25, 0.3) is 0 Å². The molecule has 0 aliphatic carbocycles. The minimum absolute atomic E-state index is 0.177. The molecule has 1 heterocycles. The summed E-state index contributed by atoms with van der Waals surface area (Å²) in [5.74, 6) is 0. The third-order valence-electron chi connectivity index (χ3n) is 3.58. The Morgan fingerprint density at radius 1 is 1.27 bits per heavy atom. The number of rotatable bonds is 2. The van der Waals surface area contributed by atoms with Gasteiger partial charge < -0.3 is 0 Å². The van der Waals surface area contributed by atoms with Crippen LogP contribution in [0.5, 0.6) is 0 Å². The number of hydrogen-bond acceptors (Lipinski definition) is 1. The highest BCUT2D eigenvalue weighted by Gasteiger charge is 2.35. The molecule has 80 valence electrons. The molecule has 0 radical (unpaired) electrons. The lowest BCUT2D eigenvalue weighted by molar-refractivity contribution is 0.574. The van der Waals surface area contributed by atoms with Crippen LogP contribution in [-0.2, 0) is 5.41 Å². The molecule has 0 aromatic heterocycles. The van der Waals surface area contributed by atoms with Crippen LogP contribution in [0.1, 0.15) is 44.7 Å². The first-order valence-corrected chi connectivity index (χ1v) is 5.75. The predicted molar refractivity (Wildman–Crippen MR) is 66.2 cm³/mol. The zero-order valence-corrected chi connectivity index (χ0v) is 10.1. The van der Waals surface area contributed by atoms with Crippen LogP contribution in [0.15, 0.2) is 23.2 Å². The highest BCUT2D eigenvalue weighted by atomic mass is 14.8. The smallest absolute Gasteiger partial charge is 0.0670 e. The van der Waals surface area contributed by atoms with Crippen LogP contribution in [0.4, 0.5) is 5.69 Å². The highest BCUT2D eigenvalue weighted by Crippen LogP contribution is 2.43. The van der Waals surface area contributed by atoms with Crippen molar-refractivity contribution in [1.82, 2.24) is 0 Å². The molecule has 1 aliphatic heterocycles. The van der Waals surface area contributed by atoms with Gasteiger partial charge in [-0.05, 0) is 31.9 Å². The molecule has 0 saturated heterocycles. The van der Waals surface area contributed by atoms with Gasteiger partial charge in [-0.1, -0.05) is 38.0 Å². The SMILES string of the molecule is CCCC1(C)C(C)=Nc2ccc(C)cc21. The molecule has 2 rings (SSSR count). The van der Waals surface area contributed by atoms with E-state index in [1.807, 2.05) is 0 Å². The molecule has 1 heteroatoms. The molecule has 1 aromatic carbocycles. The van der Waals surface area contributed by atoms with Gasteiger partial charge in [0.25, 0.3) is 0 Å². The molecule has 0 bridgehead atoms. The summed E-state index contributed by atoms with van der Waals surface area (Å²) in [6, 6.07) is 6.59. The Hall–Kier alpha value is -1.11. The van der Waals surface area contributed by atoms with Crippen molar-refractivity contribution >= 4 is 11.4 Å². The maximum Gasteiger partial charge on any atom is 0.0670 e. The maximum absolute atomic E-state index is 4.68. The van der Waals surface area contributed by atoms with Gasteiger partial charge in [-0.2, -0.15) is 0 Å². The van der Waals surface area contributed by atoms with Crippen LogP contribution < -0.4 is 0 Å². The van der Waals surface area contributed by atoms with Gasteiger partial charge in [0, 0.05) is 11.1 Å². The molecule has 0 N–H and O–H groups in total.